The van der Waals surface area contributed by atoms with E-state index in [0.29, 0.717) is 23.8 Å². The first kappa shape index (κ1) is 13.3. The van der Waals surface area contributed by atoms with Crippen LogP contribution in [0.3, 0.4) is 0 Å². The van der Waals surface area contributed by atoms with Gasteiger partial charge in [-0.05, 0) is 6.07 Å². The van der Waals surface area contributed by atoms with Gasteiger partial charge in [-0.3, -0.25) is 4.99 Å². The maximum atomic E-state index is 8.68. The van der Waals surface area contributed by atoms with Crippen LogP contribution in [0.4, 0.5) is 0 Å². The van der Waals surface area contributed by atoms with Gasteiger partial charge in [0.1, 0.15) is 5.75 Å². The predicted molar refractivity (Wildman–Crippen MR) is 65.6 cm³/mol. The minimum absolute atomic E-state index is 0.0138. The Bertz CT molecular complexity index is 390. The Morgan fingerprint density at radius 2 is 1.94 bits per heavy atom. The molecule has 0 saturated carbocycles. The van der Waals surface area contributed by atoms with Crippen molar-refractivity contribution in [2.75, 3.05) is 34.5 Å². The molecular weight excluding hydrogens is 222 g/mol. The molecular formula is C12H17NO4. The molecule has 0 radical (unpaired) electrons. The molecule has 0 aliphatic rings. The molecule has 5 heteroatoms. The second kappa shape index (κ2) is 6.75. The fourth-order valence-corrected chi connectivity index (χ4v) is 1.40. The summed E-state index contributed by atoms with van der Waals surface area (Å²) in [5.74, 6) is 1.83. The van der Waals surface area contributed by atoms with Crippen molar-refractivity contribution in [1.29, 1.82) is 0 Å². The lowest BCUT2D eigenvalue weighted by Gasteiger charge is -2.12. The summed E-state index contributed by atoms with van der Waals surface area (Å²) in [6, 6.07) is 3.53. The molecule has 0 saturated heterocycles. The van der Waals surface area contributed by atoms with E-state index >= 15 is 0 Å². The highest BCUT2D eigenvalue weighted by Gasteiger charge is 2.11. The van der Waals surface area contributed by atoms with Crippen LogP contribution in [0, 0.1) is 0 Å². The van der Waals surface area contributed by atoms with E-state index in [4.69, 9.17) is 19.3 Å². The standard InChI is InChI=1S/C12H17NO4/c1-15-10-6-9(8-13-4-5-14)12(17-3)11(7-10)16-2/h6-8,14H,4-5H2,1-3H3. The molecule has 0 unspecified atom stereocenters. The van der Waals surface area contributed by atoms with Gasteiger partial charge < -0.3 is 19.3 Å². The molecule has 0 fully saturated rings. The lowest BCUT2D eigenvalue weighted by molar-refractivity contribution is 0.307. The first-order valence-corrected chi connectivity index (χ1v) is 5.17. The Hall–Kier alpha value is -1.75. The van der Waals surface area contributed by atoms with Gasteiger partial charge in [0.05, 0.1) is 34.5 Å². The van der Waals surface area contributed by atoms with Crippen LogP contribution in [0.1, 0.15) is 5.56 Å². The molecule has 0 spiro atoms. The van der Waals surface area contributed by atoms with Gasteiger partial charge >= 0.3 is 0 Å². The fourth-order valence-electron chi connectivity index (χ4n) is 1.40. The second-order valence-electron chi connectivity index (χ2n) is 3.21. The first-order valence-electron chi connectivity index (χ1n) is 5.17. The van der Waals surface area contributed by atoms with Crippen molar-refractivity contribution in [1.82, 2.24) is 0 Å². The van der Waals surface area contributed by atoms with E-state index in [1.807, 2.05) is 0 Å². The van der Waals surface area contributed by atoms with Crippen LogP contribution in [-0.2, 0) is 0 Å². The van der Waals surface area contributed by atoms with E-state index in [9.17, 15) is 0 Å². The van der Waals surface area contributed by atoms with E-state index in [-0.39, 0.29) is 6.61 Å². The smallest absolute Gasteiger partial charge is 0.169 e. The van der Waals surface area contributed by atoms with E-state index in [1.54, 1.807) is 39.7 Å². The summed E-state index contributed by atoms with van der Waals surface area (Å²) >= 11 is 0. The summed E-state index contributed by atoms with van der Waals surface area (Å²) in [5, 5.41) is 8.68. The van der Waals surface area contributed by atoms with Crippen LogP contribution < -0.4 is 14.2 Å². The summed E-state index contributed by atoms with van der Waals surface area (Å²) in [7, 11) is 4.70. The van der Waals surface area contributed by atoms with E-state index < -0.39 is 0 Å². The number of benzene rings is 1. The molecule has 0 heterocycles. The zero-order chi connectivity index (χ0) is 12.7. The van der Waals surface area contributed by atoms with Crippen LogP contribution in [-0.4, -0.2) is 45.8 Å². The number of ether oxygens (including phenoxy) is 3. The molecule has 0 amide bonds. The van der Waals surface area contributed by atoms with E-state index in [2.05, 4.69) is 4.99 Å². The summed E-state index contributed by atoms with van der Waals surface area (Å²) < 4.78 is 15.6. The maximum Gasteiger partial charge on any atom is 0.169 e. The Morgan fingerprint density at radius 3 is 2.47 bits per heavy atom. The summed E-state index contributed by atoms with van der Waals surface area (Å²) in [5.41, 5.74) is 0.747. The molecule has 1 aromatic carbocycles. The van der Waals surface area contributed by atoms with Crippen LogP contribution in [0.5, 0.6) is 17.2 Å². The molecule has 17 heavy (non-hydrogen) atoms. The molecule has 0 aliphatic heterocycles. The normalized spacial score (nSPS) is 10.6. The minimum Gasteiger partial charge on any atom is -0.497 e. The molecule has 1 N–H and O–H groups in total. The Labute approximate surface area is 101 Å². The number of aliphatic hydroxyl groups excluding tert-OH is 1. The van der Waals surface area contributed by atoms with Crippen molar-refractivity contribution in [3.05, 3.63) is 17.7 Å². The Balaban J connectivity index is 3.14. The van der Waals surface area contributed by atoms with Gasteiger partial charge in [-0.15, -0.1) is 0 Å². The van der Waals surface area contributed by atoms with Gasteiger partial charge in [0.25, 0.3) is 0 Å². The Kier molecular flexibility index (Phi) is 5.29. The van der Waals surface area contributed by atoms with Gasteiger partial charge in [-0.1, -0.05) is 0 Å². The average Bonchev–Trinajstić information content (AvgIpc) is 2.37. The van der Waals surface area contributed by atoms with Gasteiger partial charge in [-0.25, -0.2) is 0 Å². The van der Waals surface area contributed by atoms with Crippen molar-refractivity contribution in [3.8, 4) is 17.2 Å². The lowest BCUT2D eigenvalue weighted by Crippen LogP contribution is -1.98. The molecule has 0 bridgehead atoms. The summed E-state index contributed by atoms with van der Waals surface area (Å²) in [4.78, 5) is 4.05. The minimum atomic E-state index is 0.0138. The quantitative estimate of drug-likeness (QED) is 0.756. The number of nitrogens with zero attached hydrogens (tertiary/aromatic N) is 1. The number of aliphatic hydroxyl groups is 1. The van der Waals surface area contributed by atoms with Crippen molar-refractivity contribution >= 4 is 6.21 Å². The number of aliphatic imine (C=N–C) groups is 1. The monoisotopic (exact) mass is 239 g/mol. The summed E-state index contributed by atoms with van der Waals surface area (Å²) in [6.07, 6.45) is 1.63. The highest BCUT2D eigenvalue weighted by Crippen LogP contribution is 2.34. The van der Waals surface area contributed by atoms with Crippen LogP contribution in [0.15, 0.2) is 17.1 Å². The fraction of sp³-hybridized carbons (Fsp3) is 0.417. The topological polar surface area (TPSA) is 60.3 Å². The van der Waals surface area contributed by atoms with Crippen molar-refractivity contribution in [2.24, 2.45) is 4.99 Å². The van der Waals surface area contributed by atoms with Crippen LogP contribution in [0.2, 0.25) is 0 Å². The SMILES string of the molecule is COc1cc(C=NCCO)c(OC)c(OC)c1. The van der Waals surface area contributed by atoms with Crippen molar-refractivity contribution in [2.45, 2.75) is 0 Å². The Morgan fingerprint density at radius 1 is 1.18 bits per heavy atom. The van der Waals surface area contributed by atoms with Crippen molar-refractivity contribution < 1.29 is 19.3 Å². The molecule has 1 rings (SSSR count). The third-order valence-electron chi connectivity index (χ3n) is 2.18. The first-order chi connectivity index (χ1) is 8.26. The number of rotatable bonds is 6. The van der Waals surface area contributed by atoms with Gasteiger partial charge in [0.15, 0.2) is 11.5 Å². The number of hydrogen-bond acceptors (Lipinski definition) is 5. The van der Waals surface area contributed by atoms with Gasteiger partial charge in [-0.2, -0.15) is 0 Å². The molecule has 5 nitrogen and oxygen atoms in total. The third-order valence-corrected chi connectivity index (χ3v) is 2.18. The van der Waals surface area contributed by atoms with Crippen molar-refractivity contribution in [3.63, 3.8) is 0 Å². The molecule has 94 valence electrons. The highest BCUT2D eigenvalue weighted by molar-refractivity contribution is 5.86. The average molecular weight is 239 g/mol. The molecule has 0 aromatic heterocycles. The maximum absolute atomic E-state index is 8.68. The second-order valence-corrected chi connectivity index (χ2v) is 3.21. The third kappa shape index (κ3) is 3.35. The highest BCUT2D eigenvalue weighted by atomic mass is 16.5. The molecule has 0 aliphatic carbocycles. The van der Waals surface area contributed by atoms with E-state index in [1.165, 1.54) is 0 Å². The van der Waals surface area contributed by atoms with Crippen LogP contribution >= 0.6 is 0 Å². The van der Waals surface area contributed by atoms with E-state index in [0.717, 1.165) is 5.56 Å². The van der Waals surface area contributed by atoms with Crippen LogP contribution in [0.25, 0.3) is 0 Å². The molecule has 0 atom stereocenters. The summed E-state index contributed by atoms with van der Waals surface area (Å²) in [6.45, 7) is 0.364. The largest absolute Gasteiger partial charge is 0.497 e. The number of methoxy groups -OCH3 is 3. The zero-order valence-corrected chi connectivity index (χ0v) is 10.3. The van der Waals surface area contributed by atoms with Gasteiger partial charge in [0.2, 0.25) is 0 Å². The predicted octanol–water partition coefficient (Wildman–Crippen LogP) is 1.12. The molecule has 1 aromatic rings. The zero-order valence-electron chi connectivity index (χ0n) is 10.3. The number of hydrogen-bond donors (Lipinski definition) is 1. The lowest BCUT2D eigenvalue weighted by atomic mass is 10.2. The van der Waals surface area contributed by atoms with Gasteiger partial charge in [0, 0.05) is 17.8 Å².